The molecule has 100 valence electrons. The molecule has 1 aromatic rings. The smallest absolute Gasteiger partial charge is 0.154 e. The van der Waals surface area contributed by atoms with E-state index in [-0.39, 0.29) is 35.6 Å². The molecule has 1 saturated carbocycles. The number of halogens is 1. The third-order valence-electron chi connectivity index (χ3n) is 4.76. The molecule has 3 nitrogen and oxygen atoms in total. The molecule has 3 heterocycles. The van der Waals surface area contributed by atoms with Gasteiger partial charge in [-0.2, -0.15) is 0 Å². The van der Waals surface area contributed by atoms with E-state index in [9.17, 15) is 9.59 Å². The third-order valence-corrected chi connectivity index (χ3v) is 6.65. The van der Waals surface area contributed by atoms with E-state index in [2.05, 4.69) is 15.9 Å². The Hall–Kier alpha value is -0.520. The van der Waals surface area contributed by atoms with Crippen molar-refractivity contribution in [1.29, 1.82) is 0 Å². The largest absolute Gasteiger partial charge is 0.373 e. The van der Waals surface area contributed by atoms with Crippen LogP contribution in [0.15, 0.2) is 9.85 Å². The van der Waals surface area contributed by atoms with Gasteiger partial charge in [0.25, 0.3) is 0 Å². The fraction of sp³-hybridized carbons (Fsp3) is 0.571. The molecule has 2 bridgehead atoms. The van der Waals surface area contributed by atoms with Crippen molar-refractivity contribution in [3.05, 3.63) is 20.3 Å². The number of Topliss-reactive ketones (excluding diaryl/α,β-unsaturated/α-hetero) is 2. The van der Waals surface area contributed by atoms with Gasteiger partial charge in [-0.3, -0.25) is 9.59 Å². The lowest BCUT2D eigenvalue weighted by molar-refractivity contribution is -0.127. The molecule has 1 aromatic heterocycles. The first-order valence-corrected chi connectivity index (χ1v) is 8.23. The maximum atomic E-state index is 12.7. The van der Waals surface area contributed by atoms with Crippen molar-refractivity contribution in [3.63, 3.8) is 0 Å². The Morgan fingerprint density at radius 2 is 1.79 bits per heavy atom. The monoisotopic (exact) mass is 340 g/mol. The van der Waals surface area contributed by atoms with Crippen LogP contribution in [0.25, 0.3) is 0 Å². The van der Waals surface area contributed by atoms with Crippen LogP contribution >= 0.6 is 27.3 Å². The van der Waals surface area contributed by atoms with Crippen LogP contribution in [0.4, 0.5) is 0 Å². The van der Waals surface area contributed by atoms with E-state index in [1.165, 1.54) is 0 Å². The Kier molecular flexibility index (Phi) is 2.57. The summed E-state index contributed by atoms with van der Waals surface area (Å²) >= 11 is 5.07. The average molecular weight is 341 g/mol. The van der Waals surface area contributed by atoms with Crippen molar-refractivity contribution in [2.75, 3.05) is 0 Å². The number of hydrogen-bond acceptors (Lipinski definition) is 4. The van der Waals surface area contributed by atoms with E-state index in [1.54, 1.807) is 11.3 Å². The summed E-state index contributed by atoms with van der Waals surface area (Å²) < 4.78 is 6.65. The molecule has 19 heavy (non-hydrogen) atoms. The van der Waals surface area contributed by atoms with Gasteiger partial charge in [0, 0.05) is 14.7 Å². The van der Waals surface area contributed by atoms with Crippen molar-refractivity contribution in [3.8, 4) is 0 Å². The second-order valence-electron chi connectivity index (χ2n) is 5.63. The number of rotatable bonds is 1. The number of hydrogen-bond donors (Lipinski definition) is 0. The molecular formula is C14H13BrO3S. The summed E-state index contributed by atoms with van der Waals surface area (Å²) in [6.45, 7) is 1.98. The predicted molar refractivity (Wildman–Crippen MR) is 74.4 cm³/mol. The summed E-state index contributed by atoms with van der Waals surface area (Å²) in [4.78, 5) is 26.4. The minimum Gasteiger partial charge on any atom is -0.373 e. The Balaban J connectivity index is 1.80. The second-order valence-corrected chi connectivity index (χ2v) is 7.57. The number of thiophene rings is 1. The highest BCUT2D eigenvalue weighted by Crippen LogP contribution is 2.53. The van der Waals surface area contributed by atoms with Gasteiger partial charge in [0.05, 0.1) is 24.0 Å². The standard InChI is InChI=1S/C14H13BrO3S/c1-5-9(6(15)4-19-5)12-13(16)10-7-2-3-8(18-7)11(10)14(12)17/h4,7-8,10-12H,2-3H2,1H3/t7-,8+,10-,11+,12?. The zero-order valence-corrected chi connectivity index (χ0v) is 12.8. The molecule has 1 unspecified atom stereocenters. The fourth-order valence-electron chi connectivity index (χ4n) is 3.99. The molecule has 3 fully saturated rings. The molecule has 0 aromatic carbocycles. The van der Waals surface area contributed by atoms with Crippen LogP contribution in [0.5, 0.6) is 0 Å². The van der Waals surface area contributed by atoms with Gasteiger partial charge in [-0.05, 0) is 41.3 Å². The molecule has 5 atom stereocenters. The van der Waals surface area contributed by atoms with Crippen molar-refractivity contribution in [2.24, 2.45) is 11.8 Å². The number of ketones is 2. The Morgan fingerprint density at radius 1 is 1.21 bits per heavy atom. The maximum Gasteiger partial charge on any atom is 0.154 e. The number of fused-ring (bicyclic) bond motifs is 5. The lowest BCUT2D eigenvalue weighted by Gasteiger charge is -2.16. The van der Waals surface area contributed by atoms with Gasteiger partial charge in [0.15, 0.2) is 11.6 Å². The van der Waals surface area contributed by atoms with Gasteiger partial charge >= 0.3 is 0 Å². The van der Waals surface area contributed by atoms with Gasteiger partial charge in [-0.1, -0.05) is 0 Å². The van der Waals surface area contributed by atoms with Crippen molar-refractivity contribution < 1.29 is 14.3 Å². The summed E-state index contributed by atoms with van der Waals surface area (Å²) in [6.07, 6.45) is 1.85. The lowest BCUT2D eigenvalue weighted by Crippen LogP contribution is -2.29. The quantitative estimate of drug-likeness (QED) is 0.738. The first-order chi connectivity index (χ1) is 9.09. The highest BCUT2D eigenvalue weighted by Gasteiger charge is 2.63. The predicted octanol–water partition coefficient (Wildman–Crippen LogP) is 2.85. The minimum absolute atomic E-state index is 0.00540. The molecule has 5 heteroatoms. The topological polar surface area (TPSA) is 43.4 Å². The fourth-order valence-corrected chi connectivity index (χ4v) is 5.69. The van der Waals surface area contributed by atoms with Crippen LogP contribution in [0.1, 0.15) is 29.2 Å². The molecule has 2 saturated heterocycles. The number of ether oxygens (including phenoxy) is 1. The number of aryl methyl sites for hydroxylation is 1. The van der Waals surface area contributed by atoms with Gasteiger partial charge in [-0.25, -0.2) is 0 Å². The van der Waals surface area contributed by atoms with Crippen LogP contribution < -0.4 is 0 Å². The molecule has 1 aliphatic carbocycles. The SMILES string of the molecule is Cc1scc(Br)c1C1C(=O)[C@@H]2[C@H](C1=O)[C@H]1CC[C@@H]2O1. The van der Waals surface area contributed by atoms with Crippen LogP contribution in [0.3, 0.4) is 0 Å². The molecule has 0 spiro atoms. The van der Waals surface area contributed by atoms with Crippen molar-refractivity contribution in [1.82, 2.24) is 0 Å². The Labute approximate surface area is 123 Å². The normalized spacial score (nSPS) is 40.2. The van der Waals surface area contributed by atoms with Crippen LogP contribution in [-0.4, -0.2) is 23.8 Å². The first kappa shape index (κ1) is 12.2. The number of carbonyl (C=O) groups excluding carboxylic acids is 2. The first-order valence-electron chi connectivity index (χ1n) is 6.56. The van der Waals surface area contributed by atoms with Crippen molar-refractivity contribution in [2.45, 2.75) is 37.9 Å². The van der Waals surface area contributed by atoms with Crippen LogP contribution in [-0.2, 0) is 14.3 Å². The zero-order chi connectivity index (χ0) is 13.3. The van der Waals surface area contributed by atoms with E-state index in [1.807, 2.05) is 12.3 Å². The Morgan fingerprint density at radius 3 is 2.26 bits per heavy atom. The lowest BCUT2D eigenvalue weighted by atomic mass is 9.81. The van der Waals surface area contributed by atoms with Gasteiger partial charge in [0.1, 0.15) is 5.92 Å². The molecule has 2 aliphatic heterocycles. The van der Waals surface area contributed by atoms with Gasteiger partial charge in [-0.15, -0.1) is 11.3 Å². The summed E-state index contributed by atoms with van der Waals surface area (Å²) in [6, 6.07) is 0. The van der Waals surface area contributed by atoms with E-state index < -0.39 is 5.92 Å². The van der Waals surface area contributed by atoms with Crippen molar-refractivity contribution >= 4 is 38.8 Å². The van der Waals surface area contributed by atoms with E-state index in [0.29, 0.717) is 0 Å². The molecule has 0 amide bonds. The molecule has 0 N–H and O–H groups in total. The van der Waals surface area contributed by atoms with E-state index in [4.69, 9.17) is 4.74 Å². The van der Waals surface area contributed by atoms with E-state index >= 15 is 0 Å². The highest BCUT2D eigenvalue weighted by molar-refractivity contribution is 9.10. The average Bonchev–Trinajstić information content (AvgIpc) is 3.10. The summed E-state index contributed by atoms with van der Waals surface area (Å²) in [5, 5.41) is 1.96. The zero-order valence-electron chi connectivity index (χ0n) is 10.4. The molecule has 0 radical (unpaired) electrons. The second kappa shape index (κ2) is 3.99. The molecule has 4 rings (SSSR count). The van der Waals surface area contributed by atoms with Crippen LogP contribution in [0.2, 0.25) is 0 Å². The summed E-state index contributed by atoms with van der Waals surface area (Å²) in [5.74, 6) is -0.735. The van der Waals surface area contributed by atoms with Gasteiger partial charge in [0.2, 0.25) is 0 Å². The minimum atomic E-state index is -0.553. The van der Waals surface area contributed by atoms with E-state index in [0.717, 1.165) is 27.8 Å². The molecule has 3 aliphatic rings. The molecular weight excluding hydrogens is 328 g/mol. The highest BCUT2D eigenvalue weighted by atomic mass is 79.9. The Bertz CT molecular complexity index is 546. The maximum absolute atomic E-state index is 12.7. The van der Waals surface area contributed by atoms with Gasteiger partial charge < -0.3 is 4.74 Å². The summed E-state index contributed by atoms with van der Waals surface area (Å²) in [5.41, 5.74) is 0.897. The third kappa shape index (κ3) is 1.46. The summed E-state index contributed by atoms with van der Waals surface area (Å²) in [7, 11) is 0. The number of carbonyl (C=O) groups is 2. The van der Waals surface area contributed by atoms with Crippen LogP contribution in [0, 0.1) is 18.8 Å².